The molecule has 0 aromatic heterocycles. The molecule has 0 heterocycles. The van der Waals surface area contributed by atoms with Gasteiger partial charge >= 0.3 is 0 Å². The molecule has 1 rings (SSSR count). The van der Waals surface area contributed by atoms with Gasteiger partial charge in [-0.3, -0.25) is 4.90 Å². The van der Waals surface area contributed by atoms with Crippen molar-refractivity contribution < 1.29 is 0 Å². The van der Waals surface area contributed by atoms with Crippen molar-refractivity contribution in [2.75, 3.05) is 12.8 Å². The smallest absolute Gasteiger partial charge is 0.0314 e. The van der Waals surface area contributed by atoms with Crippen molar-refractivity contribution in [1.29, 1.82) is 0 Å². The molecule has 0 aliphatic heterocycles. The summed E-state index contributed by atoms with van der Waals surface area (Å²) < 4.78 is 0. The minimum atomic E-state index is 0.646. The Morgan fingerprint density at radius 2 is 1.87 bits per heavy atom. The third-order valence-corrected chi connectivity index (χ3v) is 2.87. The van der Waals surface area contributed by atoms with Crippen LogP contribution in [0.3, 0.4) is 0 Å². The molecule has 1 aromatic carbocycles. The molecule has 2 N–H and O–H groups in total. The largest absolute Gasteiger partial charge is 0.399 e. The second-order valence-electron chi connectivity index (χ2n) is 4.29. The van der Waals surface area contributed by atoms with Crippen LogP contribution in [-0.4, -0.2) is 18.0 Å². The second-order valence-corrected chi connectivity index (χ2v) is 4.29. The quantitative estimate of drug-likeness (QED) is 0.751. The highest BCUT2D eigenvalue weighted by Crippen LogP contribution is 2.11. The number of nitrogens with zero attached hydrogens (tertiary/aromatic N) is 1. The Morgan fingerprint density at radius 1 is 1.27 bits per heavy atom. The minimum absolute atomic E-state index is 0.646. The molecule has 0 saturated heterocycles. The Kier molecular flexibility index (Phi) is 4.63. The van der Waals surface area contributed by atoms with E-state index in [1.807, 2.05) is 12.1 Å². The van der Waals surface area contributed by atoms with Gasteiger partial charge in [-0.25, -0.2) is 0 Å². The molecule has 2 heteroatoms. The molecule has 15 heavy (non-hydrogen) atoms. The van der Waals surface area contributed by atoms with E-state index in [2.05, 4.69) is 37.9 Å². The summed E-state index contributed by atoms with van der Waals surface area (Å²) in [7, 11) is 2.18. The molecule has 0 bridgehead atoms. The minimum Gasteiger partial charge on any atom is -0.399 e. The van der Waals surface area contributed by atoms with Crippen LogP contribution in [0.25, 0.3) is 0 Å². The fourth-order valence-electron chi connectivity index (χ4n) is 1.71. The molecule has 0 fully saturated rings. The molecule has 84 valence electrons. The molecule has 1 unspecified atom stereocenters. The lowest BCUT2D eigenvalue weighted by Gasteiger charge is -2.24. The molecule has 0 radical (unpaired) electrons. The van der Waals surface area contributed by atoms with Crippen molar-refractivity contribution in [3.8, 4) is 0 Å². The summed E-state index contributed by atoms with van der Waals surface area (Å²) >= 11 is 0. The van der Waals surface area contributed by atoms with Crippen LogP contribution >= 0.6 is 0 Å². The molecule has 0 aliphatic carbocycles. The molecular formula is C13H22N2. The maximum absolute atomic E-state index is 5.65. The van der Waals surface area contributed by atoms with Gasteiger partial charge in [-0.05, 0) is 38.1 Å². The summed E-state index contributed by atoms with van der Waals surface area (Å²) in [4.78, 5) is 2.38. The average molecular weight is 206 g/mol. The van der Waals surface area contributed by atoms with E-state index in [0.29, 0.717) is 6.04 Å². The fourth-order valence-corrected chi connectivity index (χ4v) is 1.71. The van der Waals surface area contributed by atoms with Crippen LogP contribution < -0.4 is 5.73 Å². The third-order valence-electron chi connectivity index (χ3n) is 2.87. The normalized spacial score (nSPS) is 13.1. The summed E-state index contributed by atoms with van der Waals surface area (Å²) in [6, 6.07) is 8.78. The van der Waals surface area contributed by atoms with Crippen LogP contribution in [0.2, 0.25) is 0 Å². The Balaban J connectivity index is 2.50. The Morgan fingerprint density at radius 3 is 2.40 bits per heavy atom. The standard InChI is InChI=1S/C13H22N2/c1-4-5-11(2)15(3)10-12-6-8-13(14)9-7-12/h6-9,11H,4-5,10,14H2,1-3H3. The second kappa shape index (κ2) is 5.76. The SMILES string of the molecule is CCCC(C)N(C)Cc1ccc(N)cc1. The first-order valence-corrected chi connectivity index (χ1v) is 5.68. The van der Waals surface area contributed by atoms with E-state index in [9.17, 15) is 0 Å². The van der Waals surface area contributed by atoms with Crippen LogP contribution in [0.5, 0.6) is 0 Å². The summed E-state index contributed by atoms with van der Waals surface area (Å²) in [5.74, 6) is 0. The summed E-state index contributed by atoms with van der Waals surface area (Å²) in [5.41, 5.74) is 7.82. The van der Waals surface area contributed by atoms with Crippen molar-refractivity contribution in [3.05, 3.63) is 29.8 Å². The number of hydrogen-bond donors (Lipinski definition) is 1. The van der Waals surface area contributed by atoms with Gasteiger partial charge in [0, 0.05) is 18.3 Å². The summed E-state index contributed by atoms with van der Waals surface area (Å²) in [5, 5.41) is 0. The molecule has 0 aliphatic rings. The van der Waals surface area contributed by atoms with Gasteiger partial charge in [-0.2, -0.15) is 0 Å². The van der Waals surface area contributed by atoms with Crippen molar-refractivity contribution in [2.45, 2.75) is 39.3 Å². The number of anilines is 1. The predicted octanol–water partition coefficient (Wildman–Crippen LogP) is 2.89. The van der Waals surface area contributed by atoms with Crippen LogP contribution in [-0.2, 0) is 6.54 Å². The highest BCUT2D eigenvalue weighted by molar-refractivity contribution is 5.39. The summed E-state index contributed by atoms with van der Waals surface area (Å²) in [6.45, 7) is 5.51. The molecule has 0 spiro atoms. The van der Waals surface area contributed by atoms with Gasteiger partial charge in [0.05, 0.1) is 0 Å². The first kappa shape index (κ1) is 12.1. The van der Waals surface area contributed by atoms with Crippen LogP contribution in [0.4, 0.5) is 5.69 Å². The zero-order valence-electron chi connectivity index (χ0n) is 10.0. The van der Waals surface area contributed by atoms with Gasteiger partial charge in [-0.15, -0.1) is 0 Å². The van der Waals surface area contributed by atoms with Crippen molar-refractivity contribution >= 4 is 5.69 Å². The molecule has 2 nitrogen and oxygen atoms in total. The Hall–Kier alpha value is -1.02. The molecular weight excluding hydrogens is 184 g/mol. The molecule has 1 atom stereocenters. The van der Waals surface area contributed by atoms with Gasteiger partial charge in [0.15, 0.2) is 0 Å². The fraction of sp³-hybridized carbons (Fsp3) is 0.538. The van der Waals surface area contributed by atoms with Crippen molar-refractivity contribution in [2.24, 2.45) is 0 Å². The number of nitrogen functional groups attached to an aromatic ring is 1. The van der Waals surface area contributed by atoms with E-state index in [-0.39, 0.29) is 0 Å². The predicted molar refractivity (Wildman–Crippen MR) is 66.7 cm³/mol. The van der Waals surface area contributed by atoms with Crippen LogP contribution in [0.1, 0.15) is 32.3 Å². The number of nitrogens with two attached hydrogens (primary N) is 1. The molecule has 1 aromatic rings. The highest BCUT2D eigenvalue weighted by Gasteiger charge is 2.07. The van der Waals surface area contributed by atoms with Gasteiger partial charge in [0.25, 0.3) is 0 Å². The van der Waals surface area contributed by atoms with E-state index in [4.69, 9.17) is 5.73 Å². The number of benzene rings is 1. The maximum atomic E-state index is 5.65. The monoisotopic (exact) mass is 206 g/mol. The summed E-state index contributed by atoms with van der Waals surface area (Å²) in [6.07, 6.45) is 2.50. The number of hydrogen-bond acceptors (Lipinski definition) is 2. The van der Waals surface area contributed by atoms with Crippen molar-refractivity contribution in [3.63, 3.8) is 0 Å². The molecule has 0 amide bonds. The average Bonchev–Trinajstić information content (AvgIpc) is 2.22. The molecule has 0 saturated carbocycles. The van der Waals surface area contributed by atoms with E-state index in [1.165, 1.54) is 18.4 Å². The first-order valence-electron chi connectivity index (χ1n) is 5.68. The van der Waals surface area contributed by atoms with Gasteiger partial charge in [0.2, 0.25) is 0 Å². The first-order chi connectivity index (χ1) is 7.13. The van der Waals surface area contributed by atoms with E-state index in [1.54, 1.807) is 0 Å². The third kappa shape index (κ3) is 3.92. The zero-order valence-corrected chi connectivity index (χ0v) is 10.0. The lowest BCUT2D eigenvalue weighted by Crippen LogP contribution is -2.28. The van der Waals surface area contributed by atoms with E-state index >= 15 is 0 Å². The maximum Gasteiger partial charge on any atom is 0.0314 e. The Bertz CT molecular complexity index is 279. The lowest BCUT2D eigenvalue weighted by atomic mass is 10.1. The van der Waals surface area contributed by atoms with Crippen molar-refractivity contribution in [1.82, 2.24) is 4.90 Å². The van der Waals surface area contributed by atoms with Gasteiger partial charge in [0.1, 0.15) is 0 Å². The van der Waals surface area contributed by atoms with Gasteiger partial charge in [-0.1, -0.05) is 25.5 Å². The van der Waals surface area contributed by atoms with E-state index < -0.39 is 0 Å². The zero-order chi connectivity index (χ0) is 11.3. The van der Waals surface area contributed by atoms with Gasteiger partial charge < -0.3 is 5.73 Å². The number of rotatable bonds is 5. The Labute approximate surface area is 93.1 Å². The topological polar surface area (TPSA) is 29.3 Å². The lowest BCUT2D eigenvalue weighted by molar-refractivity contribution is 0.237. The van der Waals surface area contributed by atoms with Crippen LogP contribution in [0.15, 0.2) is 24.3 Å². The highest BCUT2D eigenvalue weighted by atomic mass is 15.1. The van der Waals surface area contributed by atoms with E-state index in [0.717, 1.165) is 12.2 Å². The van der Waals surface area contributed by atoms with Crippen LogP contribution in [0, 0.1) is 0 Å².